The van der Waals surface area contributed by atoms with Gasteiger partial charge in [-0.25, -0.2) is 4.79 Å². The molecule has 9 heteroatoms. The smallest absolute Gasteiger partial charge is 0.412 e. The van der Waals surface area contributed by atoms with Gasteiger partial charge in [-0.3, -0.25) is 4.79 Å². The highest BCUT2D eigenvalue weighted by atomic mass is 35.5. The van der Waals surface area contributed by atoms with Crippen molar-refractivity contribution in [3.63, 3.8) is 0 Å². The van der Waals surface area contributed by atoms with Crippen molar-refractivity contribution in [1.82, 2.24) is 15.1 Å². The minimum absolute atomic E-state index is 0.225. The lowest BCUT2D eigenvalue weighted by Gasteiger charge is -2.33. The molecule has 1 atom stereocenters. The Kier molecular flexibility index (Phi) is 10.2. The highest BCUT2D eigenvalue weighted by Crippen LogP contribution is 2.34. The van der Waals surface area contributed by atoms with E-state index in [-0.39, 0.29) is 5.92 Å². The van der Waals surface area contributed by atoms with Gasteiger partial charge in [0.1, 0.15) is 11.5 Å². The van der Waals surface area contributed by atoms with Gasteiger partial charge in [0.15, 0.2) is 0 Å². The van der Waals surface area contributed by atoms with Crippen molar-refractivity contribution < 1.29 is 19.1 Å². The molecule has 0 radical (unpaired) electrons. The Morgan fingerprint density at radius 2 is 1.61 bits per heavy atom. The molecule has 206 valence electrons. The van der Waals surface area contributed by atoms with Gasteiger partial charge in [0.05, 0.1) is 17.2 Å². The van der Waals surface area contributed by atoms with Crippen molar-refractivity contribution >= 4 is 35.2 Å². The maximum absolute atomic E-state index is 12.9. The van der Waals surface area contributed by atoms with E-state index in [9.17, 15) is 9.59 Å². The van der Waals surface area contributed by atoms with Crippen LogP contribution >= 0.6 is 23.2 Å². The number of carbonyl (C=O) groups excluding carboxylic acids is 2. The Morgan fingerprint density at radius 3 is 2.21 bits per heavy atom. The number of nitrogens with zero attached hydrogens (tertiary/aromatic N) is 2. The Balaban J connectivity index is 0.000000219. The van der Waals surface area contributed by atoms with E-state index >= 15 is 0 Å². The van der Waals surface area contributed by atoms with Crippen LogP contribution in [0.1, 0.15) is 43.6 Å². The molecule has 2 aromatic carbocycles. The Bertz CT molecular complexity index is 1090. The average Bonchev–Trinajstić information content (AvgIpc) is 3.62. The lowest BCUT2D eigenvalue weighted by atomic mass is 9.95. The van der Waals surface area contributed by atoms with Gasteiger partial charge in [0.2, 0.25) is 5.91 Å². The van der Waals surface area contributed by atoms with Crippen LogP contribution in [0.4, 0.5) is 4.79 Å². The van der Waals surface area contributed by atoms with Crippen molar-refractivity contribution in [2.75, 3.05) is 46.9 Å². The summed E-state index contributed by atoms with van der Waals surface area (Å²) in [5.41, 5.74) is 1.20. The summed E-state index contributed by atoms with van der Waals surface area (Å²) in [6, 6.07) is 12.6. The molecule has 2 aliphatic heterocycles. The predicted molar refractivity (Wildman–Crippen MR) is 150 cm³/mol. The summed E-state index contributed by atoms with van der Waals surface area (Å²) in [5, 5.41) is 3.55. The molecule has 2 saturated heterocycles. The first kappa shape index (κ1) is 28.5. The first-order valence-electron chi connectivity index (χ1n) is 13.4. The third-order valence-electron chi connectivity index (χ3n) is 7.54. The van der Waals surface area contributed by atoms with E-state index in [0.29, 0.717) is 27.6 Å². The standard InChI is InChI=1S/C20H26Cl2N2O.C9H11NO3/c21-18-4-3-16(11-19(18)22)17-7-10-24(13-17)20(25)15-5-8-23(9-6-15)12-14-1-2-14;1-10-9(11)13-8-5-3-7(12-2)4-6-8/h3-4,11,14-15,17H,1-2,5-10,12-13H2;3-6H,1-2H3,(H,10,11). The number of ether oxygens (including phenoxy) is 2. The Morgan fingerprint density at radius 1 is 0.921 bits per heavy atom. The molecular formula is C29H37Cl2N3O4. The zero-order valence-corrected chi connectivity index (χ0v) is 23.6. The van der Waals surface area contributed by atoms with E-state index in [1.165, 1.54) is 32.0 Å². The van der Waals surface area contributed by atoms with Crippen LogP contribution in [-0.2, 0) is 4.79 Å². The Hall–Kier alpha value is -2.48. The van der Waals surface area contributed by atoms with Crippen LogP contribution in [0.2, 0.25) is 10.0 Å². The van der Waals surface area contributed by atoms with E-state index < -0.39 is 6.09 Å². The third-order valence-corrected chi connectivity index (χ3v) is 8.28. The molecule has 2 amide bonds. The highest BCUT2D eigenvalue weighted by Gasteiger charge is 2.34. The van der Waals surface area contributed by atoms with E-state index in [1.54, 1.807) is 31.4 Å². The van der Waals surface area contributed by atoms with Crippen LogP contribution in [0.3, 0.4) is 0 Å². The molecular weight excluding hydrogens is 525 g/mol. The number of piperidine rings is 1. The van der Waals surface area contributed by atoms with Gasteiger partial charge < -0.3 is 24.6 Å². The van der Waals surface area contributed by atoms with Crippen LogP contribution in [0, 0.1) is 11.8 Å². The van der Waals surface area contributed by atoms with Crippen LogP contribution in [0.25, 0.3) is 0 Å². The molecule has 1 aliphatic carbocycles. The molecule has 0 spiro atoms. The van der Waals surface area contributed by atoms with Crippen molar-refractivity contribution in [2.24, 2.45) is 11.8 Å². The fourth-order valence-corrected chi connectivity index (χ4v) is 5.39. The largest absolute Gasteiger partial charge is 0.497 e. The molecule has 0 bridgehead atoms. The fourth-order valence-electron chi connectivity index (χ4n) is 5.09. The number of benzene rings is 2. The zero-order valence-electron chi connectivity index (χ0n) is 22.1. The fraction of sp³-hybridized carbons (Fsp3) is 0.517. The van der Waals surface area contributed by atoms with Crippen molar-refractivity contribution in [1.29, 1.82) is 0 Å². The van der Waals surface area contributed by atoms with Gasteiger partial charge in [-0.05, 0) is 93.1 Å². The quantitative estimate of drug-likeness (QED) is 0.479. The number of nitrogens with one attached hydrogen (secondary N) is 1. The maximum Gasteiger partial charge on any atom is 0.412 e. The molecule has 0 aromatic heterocycles. The van der Waals surface area contributed by atoms with Gasteiger partial charge in [0.25, 0.3) is 0 Å². The summed E-state index contributed by atoms with van der Waals surface area (Å²) in [6.45, 7) is 5.13. The highest BCUT2D eigenvalue weighted by molar-refractivity contribution is 6.42. The van der Waals surface area contributed by atoms with Gasteiger partial charge in [-0.2, -0.15) is 0 Å². The van der Waals surface area contributed by atoms with E-state index in [1.807, 2.05) is 18.2 Å². The second kappa shape index (κ2) is 13.5. The summed E-state index contributed by atoms with van der Waals surface area (Å²) in [5.74, 6) is 3.13. The number of carbonyl (C=O) groups is 2. The molecule has 3 aliphatic rings. The minimum atomic E-state index is -0.481. The monoisotopic (exact) mass is 561 g/mol. The minimum Gasteiger partial charge on any atom is -0.497 e. The van der Waals surface area contributed by atoms with Gasteiger partial charge in [0, 0.05) is 38.5 Å². The van der Waals surface area contributed by atoms with E-state index in [2.05, 4.69) is 15.1 Å². The topological polar surface area (TPSA) is 71.1 Å². The molecule has 5 rings (SSSR count). The first-order chi connectivity index (χ1) is 18.4. The number of likely N-dealkylation sites (tertiary alicyclic amines) is 2. The van der Waals surface area contributed by atoms with Crippen LogP contribution in [0.15, 0.2) is 42.5 Å². The molecule has 1 unspecified atom stereocenters. The molecule has 38 heavy (non-hydrogen) atoms. The summed E-state index contributed by atoms with van der Waals surface area (Å²) in [4.78, 5) is 28.3. The number of rotatable bonds is 6. The van der Waals surface area contributed by atoms with Crippen molar-refractivity contribution in [3.8, 4) is 11.5 Å². The van der Waals surface area contributed by atoms with Gasteiger partial charge in [-0.15, -0.1) is 0 Å². The van der Waals surface area contributed by atoms with Crippen LogP contribution < -0.4 is 14.8 Å². The Labute approximate surface area is 235 Å². The summed E-state index contributed by atoms with van der Waals surface area (Å²) in [6.07, 6.45) is 5.40. The maximum atomic E-state index is 12.9. The second-order valence-electron chi connectivity index (χ2n) is 10.3. The average molecular weight is 563 g/mol. The zero-order chi connectivity index (χ0) is 27.1. The lowest BCUT2D eigenvalue weighted by molar-refractivity contribution is -0.136. The van der Waals surface area contributed by atoms with Crippen LogP contribution in [0.5, 0.6) is 11.5 Å². The van der Waals surface area contributed by atoms with E-state index in [4.69, 9.17) is 32.7 Å². The van der Waals surface area contributed by atoms with Gasteiger partial charge in [-0.1, -0.05) is 29.3 Å². The van der Waals surface area contributed by atoms with E-state index in [0.717, 1.165) is 57.1 Å². The first-order valence-corrected chi connectivity index (χ1v) is 14.1. The van der Waals surface area contributed by atoms with Crippen molar-refractivity contribution in [3.05, 3.63) is 58.1 Å². The van der Waals surface area contributed by atoms with Crippen LogP contribution in [-0.4, -0.2) is 68.7 Å². The summed E-state index contributed by atoms with van der Waals surface area (Å²) < 4.78 is 9.80. The lowest BCUT2D eigenvalue weighted by Crippen LogP contribution is -2.42. The third kappa shape index (κ3) is 8.01. The molecule has 1 saturated carbocycles. The molecule has 2 heterocycles. The molecule has 3 fully saturated rings. The normalized spacial score (nSPS) is 19.9. The number of halogens is 2. The SMILES string of the molecule is CNC(=O)Oc1ccc(OC)cc1.O=C(C1CCN(CC2CC2)CC1)N1CCC(c2ccc(Cl)c(Cl)c2)C1. The summed E-state index contributed by atoms with van der Waals surface area (Å²) in [7, 11) is 3.08. The van der Waals surface area contributed by atoms with Gasteiger partial charge >= 0.3 is 6.09 Å². The number of amides is 2. The predicted octanol–water partition coefficient (Wildman–Crippen LogP) is 5.84. The molecule has 2 aromatic rings. The second-order valence-corrected chi connectivity index (χ2v) is 11.1. The summed E-state index contributed by atoms with van der Waals surface area (Å²) >= 11 is 12.2. The molecule has 1 N–H and O–H groups in total. The number of hydrogen-bond donors (Lipinski definition) is 1. The number of methoxy groups -OCH3 is 1. The number of hydrogen-bond acceptors (Lipinski definition) is 5. The molecule has 7 nitrogen and oxygen atoms in total. The van der Waals surface area contributed by atoms with Crippen molar-refractivity contribution in [2.45, 2.75) is 38.0 Å².